The van der Waals surface area contributed by atoms with Gasteiger partial charge in [0.1, 0.15) is 0 Å². The molecule has 82 valence electrons. The maximum atomic E-state index is 11.7. The predicted molar refractivity (Wildman–Crippen MR) is 59.3 cm³/mol. The fourth-order valence-corrected chi connectivity index (χ4v) is 2.26. The van der Waals surface area contributed by atoms with Crippen molar-refractivity contribution in [3.05, 3.63) is 23.8 Å². The first-order chi connectivity index (χ1) is 7.31. The van der Waals surface area contributed by atoms with Crippen LogP contribution in [0.2, 0.25) is 0 Å². The Balaban J connectivity index is 1.75. The van der Waals surface area contributed by atoms with Gasteiger partial charge in [-0.25, -0.2) is 4.79 Å². The first-order valence-electron chi connectivity index (χ1n) is 5.88. The molecule has 0 aromatic heterocycles. The van der Waals surface area contributed by atoms with Crippen LogP contribution in [0.4, 0.5) is 0 Å². The summed E-state index contributed by atoms with van der Waals surface area (Å²) in [5.41, 5.74) is 0.888. The van der Waals surface area contributed by atoms with Crippen molar-refractivity contribution in [1.29, 1.82) is 0 Å². The Bertz CT molecular complexity index is 302. The summed E-state index contributed by atoms with van der Waals surface area (Å²) < 4.78 is 5.24. The SMILES string of the molecule is CCCCCOC(=O)C1=CC2C=CC1C2. The van der Waals surface area contributed by atoms with Crippen molar-refractivity contribution < 1.29 is 9.53 Å². The lowest BCUT2D eigenvalue weighted by molar-refractivity contribution is -0.139. The smallest absolute Gasteiger partial charge is 0.334 e. The number of esters is 1. The van der Waals surface area contributed by atoms with Crippen molar-refractivity contribution in [2.75, 3.05) is 6.61 Å². The second kappa shape index (κ2) is 4.65. The molecule has 2 aliphatic carbocycles. The van der Waals surface area contributed by atoms with E-state index in [1.54, 1.807) is 0 Å². The number of carbonyl (C=O) groups is 1. The highest BCUT2D eigenvalue weighted by molar-refractivity contribution is 5.90. The fourth-order valence-electron chi connectivity index (χ4n) is 2.26. The molecular weight excluding hydrogens is 188 g/mol. The van der Waals surface area contributed by atoms with E-state index in [0.717, 1.165) is 31.3 Å². The summed E-state index contributed by atoms with van der Waals surface area (Å²) in [5.74, 6) is 0.741. The maximum absolute atomic E-state index is 11.7. The summed E-state index contributed by atoms with van der Waals surface area (Å²) in [6.07, 6.45) is 10.7. The number of hydrogen-bond acceptors (Lipinski definition) is 2. The third-order valence-electron chi connectivity index (χ3n) is 3.13. The van der Waals surface area contributed by atoms with Gasteiger partial charge >= 0.3 is 5.97 Å². The predicted octanol–water partition coefficient (Wildman–Crippen LogP) is 2.85. The van der Waals surface area contributed by atoms with Crippen LogP contribution in [0.15, 0.2) is 23.8 Å². The van der Waals surface area contributed by atoms with Crippen LogP contribution in [0, 0.1) is 11.8 Å². The highest BCUT2D eigenvalue weighted by Crippen LogP contribution is 2.38. The van der Waals surface area contributed by atoms with E-state index in [9.17, 15) is 4.79 Å². The van der Waals surface area contributed by atoms with Gasteiger partial charge in [0.2, 0.25) is 0 Å². The highest BCUT2D eigenvalue weighted by Gasteiger charge is 2.32. The largest absolute Gasteiger partial charge is 0.462 e. The molecule has 0 N–H and O–H groups in total. The first-order valence-corrected chi connectivity index (χ1v) is 5.88. The Morgan fingerprint density at radius 3 is 2.93 bits per heavy atom. The minimum atomic E-state index is -0.0945. The van der Waals surface area contributed by atoms with Gasteiger partial charge in [0.05, 0.1) is 6.61 Å². The van der Waals surface area contributed by atoms with Crippen LogP contribution in [0.25, 0.3) is 0 Å². The van der Waals surface area contributed by atoms with E-state index in [1.807, 2.05) is 0 Å². The van der Waals surface area contributed by atoms with Crippen LogP contribution in [-0.2, 0) is 9.53 Å². The molecule has 0 spiro atoms. The van der Waals surface area contributed by atoms with Gasteiger partial charge in [-0.15, -0.1) is 0 Å². The van der Waals surface area contributed by atoms with E-state index >= 15 is 0 Å². The van der Waals surface area contributed by atoms with Gasteiger partial charge in [0.15, 0.2) is 0 Å². The molecule has 0 aliphatic heterocycles. The lowest BCUT2D eigenvalue weighted by Gasteiger charge is -2.09. The molecule has 0 saturated heterocycles. The second-order valence-electron chi connectivity index (χ2n) is 4.36. The van der Waals surface area contributed by atoms with Crippen LogP contribution in [0.1, 0.15) is 32.6 Å². The second-order valence-corrected chi connectivity index (χ2v) is 4.36. The molecule has 2 rings (SSSR count). The molecule has 0 amide bonds. The van der Waals surface area contributed by atoms with E-state index in [0.29, 0.717) is 18.4 Å². The third-order valence-corrected chi connectivity index (χ3v) is 3.13. The average molecular weight is 206 g/mol. The topological polar surface area (TPSA) is 26.3 Å². The minimum Gasteiger partial charge on any atom is -0.462 e. The van der Waals surface area contributed by atoms with Gasteiger partial charge in [-0.05, 0) is 18.8 Å². The number of fused-ring (bicyclic) bond motifs is 2. The molecule has 2 atom stereocenters. The zero-order valence-electron chi connectivity index (χ0n) is 9.24. The summed E-state index contributed by atoms with van der Waals surface area (Å²) >= 11 is 0. The monoisotopic (exact) mass is 206 g/mol. The molecule has 0 fully saturated rings. The molecule has 0 aromatic carbocycles. The quantitative estimate of drug-likeness (QED) is 0.393. The molecule has 0 saturated carbocycles. The zero-order valence-corrected chi connectivity index (χ0v) is 9.24. The van der Waals surface area contributed by atoms with Crippen molar-refractivity contribution in [3.8, 4) is 0 Å². The van der Waals surface area contributed by atoms with E-state index in [1.165, 1.54) is 0 Å². The van der Waals surface area contributed by atoms with Gasteiger partial charge in [0.25, 0.3) is 0 Å². The normalized spacial score (nSPS) is 26.9. The molecule has 0 radical (unpaired) electrons. The van der Waals surface area contributed by atoms with Crippen LogP contribution in [0.3, 0.4) is 0 Å². The van der Waals surface area contributed by atoms with Crippen LogP contribution in [-0.4, -0.2) is 12.6 Å². The lowest BCUT2D eigenvalue weighted by atomic mass is 10.0. The molecule has 15 heavy (non-hydrogen) atoms. The molecule has 2 aliphatic rings. The van der Waals surface area contributed by atoms with E-state index < -0.39 is 0 Å². The Kier molecular flexibility index (Phi) is 3.24. The summed E-state index contributed by atoms with van der Waals surface area (Å²) in [6.45, 7) is 2.72. The summed E-state index contributed by atoms with van der Waals surface area (Å²) in [7, 11) is 0. The number of allylic oxidation sites excluding steroid dienone is 3. The van der Waals surface area contributed by atoms with Crippen molar-refractivity contribution in [3.63, 3.8) is 0 Å². The van der Waals surface area contributed by atoms with Gasteiger partial charge in [-0.3, -0.25) is 0 Å². The van der Waals surface area contributed by atoms with Crippen molar-refractivity contribution in [1.82, 2.24) is 0 Å². The summed E-state index contributed by atoms with van der Waals surface area (Å²) in [5, 5.41) is 0. The molecule has 0 aromatic rings. The zero-order chi connectivity index (χ0) is 10.7. The lowest BCUT2D eigenvalue weighted by Crippen LogP contribution is -2.12. The number of carbonyl (C=O) groups excluding carboxylic acids is 1. The number of unbranched alkanes of at least 4 members (excludes halogenated alkanes) is 2. The summed E-state index contributed by atoms with van der Waals surface area (Å²) in [6, 6.07) is 0. The van der Waals surface area contributed by atoms with Gasteiger partial charge in [-0.1, -0.05) is 38.0 Å². The minimum absolute atomic E-state index is 0.0945. The Morgan fingerprint density at radius 1 is 1.47 bits per heavy atom. The van der Waals surface area contributed by atoms with Crippen LogP contribution in [0.5, 0.6) is 0 Å². The van der Waals surface area contributed by atoms with Crippen molar-refractivity contribution in [2.24, 2.45) is 11.8 Å². The highest BCUT2D eigenvalue weighted by atomic mass is 16.5. The van der Waals surface area contributed by atoms with Crippen LogP contribution >= 0.6 is 0 Å². The fraction of sp³-hybridized carbons (Fsp3) is 0.615. The van der Waals surface area contributed by atoms with E-state index in [4.69, 9.17) is 4.74 Å². The van der Waals surface area contributed by atoms with E-state index in [-0.39, 0.29) is 5.97 Å². The molecular formula is C13H18O2. The Morgan fingerprint density at radius 2 is 2.33 bits per heavy atom. The third kappa shape index (κ3) is 2.31. The Hall–Kier alpha value is -1.05. The van der Waals surface area contributed by atoms with Gasteiger partial charge in [0, 0.05) is 11.5 Å². The van der Waals surface area contributed by atoms with Crippen molar-refractivity contribution in [2.45, 2.75) is 32.6 Å². The average Bonchev–Trinajstić information content (AvgIpc) is 2.85. The maximum Gasteiger partial charge on any atom is 0.334 e. The number of ether oxygens (including phenoxy) is 1. The molecule has 2 unspecified atom stereocenters. The standard InChI is InChI=1S/C13H18O2/c1-2-3-4-7-15-13(14)12-9-10-5-6-11(12)8-10/h5-6,9-11H,2-4,7-8H2,1H3. The summed E-state index contributed by atoms with van der Waals surface area (Å²) in [4.78, 5) is 11.7. The number of hydrogen-bond donors (Lipinski definition) is 0. The van der Waals surface area contributed by atoms with Crippen molar-refractivity contribution >= 4 is 5.97 Å². The number of rotatable bonds is 5. The van der Waals surface area contributed by atoms with E-state index in [2.05, 4.69) is 25.2 Å². The molecule has 0 heterocycles. The Labute approximate surface area is 91.0 Å². The first kappa shape index (κ1) is 10.5. The molecule has 2 heteroatoms. The molecule has 2 bridgehead atoms. The van der Waals surface area contributed by atoms with Gasteiger partial charge < -0.3 is 4.74 Å². The van der Waals surface area contributed by atoms with Gasteiger partial charge in [-0.2, -0.15) is 0 Å². The van der Waals surface area contributed by atoms with Crippen LogP contribution < -0.4 is 0 Å². The molecule has 2 nitrogen and oxygen atoms in total.